The van der Waals surface area contributed by atoms with Crippen molar-refractivity contribution in [2.75, 3.05) is 18.4 Å². The summed E-state index contributed by atoms with van der Waals surface area (Å²) in [6.07, 6.45) is 4.89. The van der Waals surface area contributed by atoms with Crippen molar-refractivity contribution in [3.8, 4) is 0 Å². The van der Waals surface area contributed by atoms with Crippen LogP contribution in [0.4, 0.5) is 5.69 Å². The van der Waals surface area contributed by atoms with Crippen molar-refractivity contribution in [1.82, 2.24) is 10.2 Å². The minimum atomic E-state index is -0.492. The van der Waals surface area contributed by atoms with Gasteiger partial charge in [0.2, 0.25) is 17.7 Å². The fourth-order valence-electron chi connectivity index (χ4n) is 4.50. The number of carbonyl (C=O) groups excluding carboxylic acids is 4. The zero-order valence-electron chi connectivity index (χ0n) is 15.0. The van der Waals surface area contributed by atoms with E-state index in [9.17, 15) is 19.2 Å². The minimum absolute atomic E-state index is 0.114. The first-order valence-corrected chi connectivity index (χ1v) is 9.22. The molecule has 7 heteroatoms. The molecule has 4 rings (SSSR count). The molecule has 27 heavy (non-hydrogen) atoms. The number of hydrogen-bond donors (Lipinski definition) is 2. The molecule has 4 amide bonds. The third-order valence-electron chi connectivity index (χ3n) is 5.65. The summed E-state index contributed by atoms with van der Waals surface area (Å²) in [5.41, 5.74) is 0.695. The molecule has 1 heterocycles. The van der Waals surface area contributed by atoms with Gasteiger partial charge < -0.3 is 10.6 Å². The van der Waals surface area contributed by atoms with E-state index in [-0.39, 0.29) is 47.9 Å². The summed E-state index contributed by atoms with van der Waals surface area (Å²) in [5, 5.41) is 5.35. The van der Waals surface area contributed by atoms with Crippen LogP contribution < -0.4 is 10.6 Å². The Hall–Kier alpha value is -2.96. The maximum atomic E-state index is 12.7. The fraction of sp³-hybridized carbons (Fsp3) is 0.400. The smallest absolute Gasteiger partial charge is 0.253 e. The second-order valence-corrected chi connectivity index (χ2v) is 7.22. The van der Waals surface area contributed by atoms with Crippen molar-refractivity contribution in [2.24, 2.45) is 23.7 Å². The quantitative estimate of drug-likeness (QED) is 0.603. The number of nitrogens with one attached hydrogen (secondary N) is 2. The number of amides is 4. The molecule has 2 N–H and O–H groups in total. The lowest BCUT2D eigenvalue weighted by molar-refractivity contribution is -0.143. The van der Waals surface area contributed by atoms with E-state index in [1.165, 1.54) is 0 Å². The molecule has 1 saturated heterocycles. The van der Waals surface area contributed by atoms with Crippen LogP contribution in [-0.2, 0) is 14.4 Å². The van der Waals surface area contributed by atoms with E-state index in [2.05, 4.69) is 10.6 Å². The molecule has 1 aromatic carbocycles. The summed E-state index contributed by atoms with van der Waals surface area (Å²) in [5.74, 6) is -1.70. The molecule has 1 saturated carbocycles. The number of fused-ring (bicyclic) bond motifs is 5. The molecule has 1 aromatic rings. The zero-order valence-corrected chi connectivity index (χ0v) is 15.0. The molecule has 2 bridgehead atoms. The average Bonchev–Trinajstić information content (AvgIpc) is 3.32. The van der Waals surface area contributed by atoms with Gasteiger partial charge in [0.05, 0.1) is 23.1 Å². The third-order valence-corrected chi connectivity index (χ3v) is 5.65. The zero-order chi connectivity index (χ0) is 19.1. The van der Waals surface area contributed by atoms with Gasteiger partial charge in [-0.3, -0.25) is 24.1 Å². The standard InChI is InChI=1S/C20H21N3O4/c1-2-21-18(25)13-5-3-4-6-14(13)22-15(24)10-23-19(26)16-11-7-8-12(9-11)17(16)20(23)27/h3-8,11-12,16-17H,2,9-10H2,1H3,(H,21,25)(H,22,24). The number of hydrogen-bond acceptors (Lipinski definition) is 4. The van der Waals surface area contributed by atoms with E-state index >= 15 is 0 Å². The first-order valence-electron chi connectivity index (χ1n) is 9.22. The Morgan fingerprint density at radius 1 is 1.07 bits per heavy atom. The summed E-state index contributed by atoms with van der Waals surface area (Å²) >= 11 is 0. The lowest BCUT2D eigenvalue weighted by Crippen LogP contribution is -2.39. The van der Waals surface area contributed by atoms with Crippen LogP contribution in [0.15, 0.2) is 36.4 Å². The average molecular weight is 367 g/mol. The number of benzene rings is 1. The SMILES string of the molecule is CCNC(=O)c1ccccc1NC(=O)CN1C(=O)C2C3C=CC(C3)C2C1=O. The molecular weight excluding hydrogens is 346 g/mol. The van der Waals surface area contributed by atoms with Crippen LogP contribution in [0.1, 0.15) is 23.7 Å². The second-order valence-electron chi connectivity index (χ2n) is 7.22. The summed E-state index contributed by atoms with van der Waals surface area (Å²) < 4.78 is 0. The van der Waals surface area contributed by atoms with E-state index in [1.54, 1.807) is 24.3 Å². The molecule has 3 aliphatic rings. The van der Waals surface area contributed by atoms with E-state index in [0.29, 0.717) is 17.8 Å². The number of para-hydroxylation sites is 1. The van der Waals surface area contributed by atoms with E-state index in [0.717, 1.165) is 11.3 Å². The van der Waals surface area contributed by atoms with Gasteiger partial charge in [-0.15, -0.1) is 0 Å². The lowest BCUT2D eigenvalue weighted by atomic mass is 9.85. The van der Waals surface area contributed by atoms with Crippen molar-refractivity contribution < 1.29 is 19.2 Å². The van der Waals surface area contributed by atoms with Crippen molar-refractivity contribution in [2.45, 2.75) is 13.3 Å². The van der Waals surface area contributed by atoms with E-state index < -0.39 is 5.91 Å². The highest BCUT2D eigenvalue weighted by atomic mass is 16.2. The van der Waals surface area contributed by atoms with Crippen LogP contribution in [0.25, 0.3) is 0 Å². The molecule has 4 atom stereocenters. The van der Waals surface area contributed by atoms with Gasteiger partial charge >= 0.3 is 0 Å². The van der Waals surface area contributed by atoms with Gasteiger partial charge in [-0.25, -0.2) is 0 Å². The van der Waals surface area contributed by atoms with Gasteiger partial charge in [-0.1, -0.05) is 24.3 Å². The number of carbonyl (C=O) groups is 4. The molecule has 2 fully saturated rings. The van der Waals surface area contributed by atoms with Crippen LogP contribution >= 0.6 is 0 Å². The van der Waals surface area contributed by atoms with Gasteiger partial charge in [0.1, 0.15) is 6.54 Å². The Balaban J connectivity index is 1.46. The Labute approximate surface area is 156 Å². The largest absolute Gasteiger partial charge is 0.352 e. The van der Waals surface area contributed by atoms with Gasteiger partial charge in [0.25, 0.3) is 5.91 Å². The molecule has 0 spiro atoms. The number of imide groups is 1. The highest BCUT2D eigenvalue weighted by Crippen LogP contribution is 2.52. The number of allylic oxidation sites excluding steroid dienone is 2. The maximum Gasteiger partial charge on any atom is 0.253 e. The van der Waals surface area contributed by atoms with Gasteiger partial charge in [0.15, 0.2) is 0 Å². The fourth-order valence-corrected chi connectivity index (χ4v) is 4.50. The number of nitrogens with zero attached hydrogens (tertiary/aromatic N) is 1. The first-order chi connectivity index (χ1) is 13.0. The first kappa shape index (κ1) is 17.5. The molecule has 0 radical (unpaired) electrons. The van der Waals surface area contributed by atoms with Crippen molar-refractivity contribution in [3.63, 3.8) is 0 Å². The van der Waals surface area contributed by atoms with Crippen LogP contribution in [0.2, 0.25) is 0 Å². The Kier molecular flexibility index (Phi) is 4.30. The molecule has 0 aromatic heterocycles. The van der Waals surface area contributed by atoms with E-state index in [1.807, 2.05) is 19.1 Å². The molecular formula is C20H21N3O4. The summed E-state index contributed by atoms with van der Waals surface area (Å²) in [6.45, 7) is 1.95. The Bertz CT molecular complexity index is 833. The van der Waals surface area contributed by atoms with E-state index in [4.69, 9.17) is 0 Å². The van der Waals surface area contributed by atoms with Crippen LogP contribution in [0.3, 0.4) is 0 Å². The maximum absolute atomic E-state index is 12.7. The van der Waals surface area contributed by atoms with Crippen molar-refractivity contribution in [3.05, 3.63) is 42.0 Å². The molecule has 2 aliphatic carbocycles. The van der Waals surface area contributed by atoms with Crippen molar-refractivity contribution in [1.29, 1.82) is 0 Å². The van der Waals surface area contributed by atoms with Crippen LogP contribution in [-0.4, -0.2) is 41.6 Å². The third kappa shape index (κ3) is 2.83. The Morgan fingerprint density at radius 2 is 1.70 bits per heavy atom. The van der Waals surface area contributed by atoms with Crippen molar-refractivity contribution >= 4 is 29.3 Å². The minimum Gasteiger partial charge on any atom is -0.352 e. The second kappa shape index (κ2) is 6.64. The van der Waals surface area contributed by atoms with Crippen LogP contribution in [0.5, 0.6) is 0 Å². The monoisotopic (exact) mass is 367 g/mol. The molecule has 7 nitrogen and oxygen atoms in total. The summed E-state index contributed by atoms with van der Waals surface area (Å²) in [6, 6.07) is 6.64. The number of rotatable bonds is 5. The van der Waals surface area contributed by atoms with Gasteiger partial charge in [-0.2, -0.15) is 0 Å². The highest BCUT2D eigenvalue weighted by molar-refractivity contribution is 6.10. The lowest BCUT2D eigenvalue weighted by Gasteiger charge is -2.17. The normalized spacial score (nSPS) is 27.8. The topological polar surface area (TPSA) is 95.6 Å². The molecule has 1 aliphatic heterocycles. The summed E-state index contributed by atoms with van der Waals surface area (Å²) in [7, 11) is 0. The number of anilines is 1. The van der Waals surface area contributed by atoms with Gasteiger partial charge in [0, 0.05) is 6.54 Å². The molecule has 140 valence electrons. The van der Waals surface area contributed by atoms with Crippen LogP contribution in [0, 0.1) is 23.7 Å². The highest BCUT2D eigenvalue weighted by Gasteiger charge is 2.59. The predicted octanol–water partition coefficient (Wildman–Crippen LogP) is 1.18. The summed E-state index contributed by atoms with van der Waals surface area (Å²) in [4.78, 5) is 51.0. The Morgan fingerprint density at radius 3 is 2.33 bits per heavy atom. The predicted molar refractivity (Wildman–Crippen MR) is 97.5 cm³/mol. The molecule has 4 unspecified atom stereocenters. The number of likely N-dealkylation sites (tertiary alicyclic amines) is 1. The van der Waals surface area contributed by atoms with Gasteiger partial charge in [-0.05, 0) is 37.3 Å².